The molecule has 0 fully saturated rings. The van der Waals surface area contributed by atoms with Crippen LogP contribution in [0.5, 0.6) is 5.75 Å². The van der Waals surface area contributed by atoms with Gasteiger partial charge in [0.15, 0.2) is 0 Å². The molecular formula is C15H17N3O. The van der Waals surface area contributed by atoms with Crippen LogP contribution in [-0.4, -0.2) is 11.2 Å². The maximum Gasteiger partial charge on any atom is 0.122 e. The molecule has 0 atom stereocenters. The first-order chi connectivity index (χ1) is 9.15. The average Bonchev–Trinajstić information content (AvgIpc) is 2.63. The van der Waals surface area contributed by atoms with Gasteiger partial charge in [0, 0.05) is 5.69 Å². The number of ether oxygens (including phenoxy) is 1. The number of nitriles is 1. The monoisotopic (exact) mass is 255 g/mol. The number of hydrogen-bond acceptors (Lipinski definition) is 3. The van der Waals surface area contributed by atoms with Crippen molar-refractivity contribution in [3.8, 4) is 11.8 Å². The van der Waals surface area contributed by atoms with Gasteiger partial charge in [-0.2, -0.15) is 5.26 Å². The first-order valence-corrected chi connectivity index (χ1v) is 6.18. The lowest BCUT2D eigenvalue weighted by molar-refractivity contribution is 0.298. The van der Waals surface area contributed by atoms with E-state index >= 15 is 0 Å². The minimum atomic E-state index is 0.522. The van der Waals surface area contributed by atoms with E-state index in [4.69, 9.17) is 15.7 Å². The number of nitrogen functional groups attached to an aromatic ring is 1. The van der Waals surface area contributed by atoms with Crippen LogP contribution in [0.15, 0.2) is 30.3 Å². The van der Waals surface area contributed by atoms with Crippen molar-refractivity contribution in [3.63, 3.8) is 0 Å². The molecule has 0 spiro atoms. The number of para-hydroxylation sites is 1. The summed E-state index contributed by atoms with van der Waals surface area (Å²) in [6, 6.07) is 11.8. The number of rotatable bonds is 4. The molecule has 0 aliphatic carbocycles. The van der Waals surface area contributed by atoms with E-state index in [1.165, 1.54) is 0 Å². The van der Waals surface area contributed by atoms with E-state index in [9.17, 15) is 0 Å². The van der Waals surface area contributed by atoms with Gasteiger partial charge in [0.1, 0.15) is 24.2 Å². The molecule has 4 heteroatoms. The quantitative estimate of drug-likeness (QED) is 0.913. The largest absolute Gasteiger partial charge is 0.492 e. The van der Waals surface area contributed by atoms with Crippen LogP contribution in [0, 0.1) is 25.2 Å². The van der Waals surface area contributed by atoms with E-state index in [-0.39, 0.29) is 0 Å². The van der Waals surface area contributed by atoms with Crippen LogP contribution in [0.4, 0.5) is 5.82 Å². The van der Waals surface area contributed by atoms with Crippen molar-refractivity contribution in [1.29, 1.82) is 5.26 Å². The third kappa shape index (κ3) is 2.55. The molecule has 0 radical (unpaired) electrons. The average molecular weight is 255 g/mol. The molecule has 1 heterocycles. The number of hydrogen-bond donors (Lipinski definition) is 1. The smallest absolute Gasteiger partial charge is 0.122 e. The molecule has 2 N–H and O–H groups in total. The maximum absolute atomic E-state index is 9.07. The first-order valence-electron chi connectivity index (χ1n) is 6.18. The Bertz CT molecular complexity index is 609. The Kier molecular flexibility index (Phi) is 3.76. The number of nitrogens with two attached hydrogens (primary N) is 1. The van der Waals surface area contributed by atoms with Crippen LogP contribution in [-0.2, 0) is 6.54 Å². The highest BCUT2D eigenvalue weighted by Crippen LogP contribution is 2.23. The lowest BCUT2D eigenvalue weighted by Gasteiger charge is -2.10. The molecule has 2 rings (SSSR count). The molecule has 98 valence electrons. The molecule has 0 aliphatic heterocycles. The molecule has 1 aromatic heterocycles. The van der Waals surface area contributed by atoms with E-state index in [1.807, 2.05) is 48.7 Å². The summed E-state index contributed by atoms with van der Waals surface area (Å²) < 4.78 is 7.57. The van der Waals surface area contributed by atoms with Crippen LogP contribution in [0.2, 0.25) is 0 Å². The lowest BCUT2D eigenvalue weighted by atomic mass is 10.2. The Labute approximate surface area is 113 Å². The first kappa shape index (κ1) is 13.0. The number of nitrogens with zero attached hydrogens (tertiary/aromatic N) is 2. The summed E-state index contributed by atoms with van der Waals surface area (Å²) in [6.07, 6.45) is 0. The highest BCUT2D eigenvalue weighted by Gasteiger charge is 2.14. The Morgan fingerprint density at radius 1 is 1.26 bits per heavy atom. The Morgan fingerprint density at radius 2 is 1.95 bits per heavy atom. The van der Waals surface area contributed by atoms with Gasteiger partial charge in [-0.3, -0.25) is 0 Å². The molecule has 1 aromatic carbocycles. The minimum absolute atomic E-state index is 0.522. The summed E-state index contributed by atoms with van der Waals surface area (Å²) in [7, 11) is 0. The second kappa shape index (κ2) is 5.49. The van der Waals surface area contributed by atoms with Gasteiger partial charge in [0.05, 0.1) is 12.1 Å². The van der Waals surface area contributed by atoms with E-state index in [0.29, 0.717) is 24.5 Å². The maximum atomic E-state index is 9.07. The molecule has 2 aromatic rings. The summed E-state index contributed by atoms with van der Waals surface area (Å²) in [5.74, 6) is 1.36. The van der Waals surface area contributed by atoms with Crippen molar-refractivity contribution >= 4 is 5.82 Å². The third-order valence-electron chi connectivity index (χ3n) is 3.31. The minimum Gasteiger partial charge on any atom is -0.492 e. The van der Waals surface area contributed by atoms with Gasteiger partial charge >= 0.3 is 0 Å². The van der Waals surface area contributed by atoms with Crippen LogP contribution >= 0.6 is 0 Å². The van der Waals surface area contributed by atoms with Crippen molar-refractivity contribution < 1.29 is 4.74 Å². The zero-order valence-corrected chi connectivity index (χ0v) is 11.2. The summed E-state index contributed by atoms with van der Waals surface area (Å²) >= 11 is 0. The van der Waals surface area contributed by atoms with E-state index < -0.39 is 0 Å². The molecule has 0 saturated carbocycles. The Morgan fingerprint density at radius 3 is 2.53 bits per heavy atom. The second-order valence-electron chi connectivity index (χ2n) is 4.40. The van der Waals surface area contributed by atoms with Gasteiger partial charge in [-0.15, -0.1) is 0 Å². The topological polar surface area (TPSA) is 64.0 Å². The summed E-state index contributed by atoms with van der Waals surface area (Å²) in [5.41, 5.74) is 8.51. The van der Waals surface area contributed by atoms with Crippen LogP contribution in [0.25, 0.3) is 0 Å². The molecule has 0 unspecified atom stereocenters. The number of aromatic nitrogens is 1. The molecule has 0 aliphatic rings. The SMILES string of the molecule is Cc1c(C#N)c(N)n(CCOc2ccccc2)c1C. The van der Waals surface area contributed by atoms with Gasteiger partial charge in [-0.25, -0.2) is 0 Å². The van der Waals surface area contributed by atoms with Gasteiger partial charge < -0.3 is 15.0 Å². The Hall–Kier alpha value is -2.41. The normalized spacial score (nSPS) is 10.2. The molecule has 0 saturated heterocycles. The van der Waals surface area contributed by atoms with Gasteiger partial charge in [-0.1, -0.05) is 18.2 Å². The van der Waals surface area contributed by atoms with Gasteiger partial charge in [0.2, 0.25) is 0 Å². The molecule has 0 bridgehead atoms. The van der Waals surface area contributed by atoms with Gasteiger partial charge in [0.25, 0.3) is 0 Å². The predicted octanol–water partition coefficient (Wildman–Crippen LogP) is 2.64. The van der Waals surface area contributed by atoms with Crippen molar-refractivity contribution in [2.24, 2.45) is 0 Å². The van der Waals surface area contributed by atoms with Crippen molar-refractivity contribution in [2.45, 2.75) is 20.4 Å². The number of anilines is 1. The zero-order chi connectivity index (χ0) is 13.8. The summed E-state index contributed by atoms with van der Waals surface area (Å²) in [4.78, 5) is 0. The van der Waals surface area contributed by atoms with Crippen LogP contribution in [0.3, 0.4) is 0 Å². The fourth-order valence-corrected chi connectivity index (χ4v) is 2.09. The Balaban J connectivity index is 2.07. The predicted molar refractivity (Wildman–Crippen MR) is 75.0 cm³/mol. The third-order valence-corrected chi connectivity index (χ3v) is 3.31. The fourth-order valence-electron chi connectivity index (χ4n) is 2.09. The van der Waals surface area contributed by atoms with Crippen molar-refractivity contribution in [2.75, 3.05) is 12.3 Å². The zero-order valence-electron chi connectivity index (χ0n) is 11.2. The van der Waals surface area contributed by atoms with E-state index in [1.54, 1.807) is 0 Å². The highest BCUT2D eigenvalue weighted by molar-refractivity contribution is 5.57. The molecular weight excluding hydrogens is 238 g/mol. The standard InChI is InChI=1S/C15H17N3O/c1-11-12(2)18(15(17)14(11)10-16)8-9-19-13-6-4-3-5-7-13/h3-7H,8-9,17H2,1-2H3. The second-order valence-corrected chi connectivity index (χ2v) is 4.40. The van der Waals surface area contributed by atoms with Gasteiger partial charge in [-0.05, 0) is 31.5 Å². The number of benzene rings is 1. The molecule has 19 heavy (non-hydrogen) atoms. The van der Waals surface area contributed by atoms with Crippen molar-refractivity contribution in [3.05, 3.63) is 47.2 Å². The van der Waals surface area contributed by atoms with E-state index in [2.05, 4.69) is 6.07 Å². The van der Waals surface area contributed by atoms with Crippen LogP contribution in [0.1, 0.15) is 16.8 Å². The lowest BCUT2D eigenvalue weighted by Crippen LogP contribution is -2.12. The highest BCUT2D eigenvalue weighted by atomic mass is 16.5. The summed E-state index contributed by atoms with van der Waals surface area (Å²) in [6.45, 7) is 5.04. The van der Waals surface area contributed by atoms with Crippen molar-refractivity contribution in [1.82, 2.24) is 4.57 Å². The fraction of sp³-hybridized carbons (Fsp3) is 0.267. The molecule has 4 nitrogen and oxygen atoms in total. The molecule has 0 amide bonds. The van der Waals surface area contributed by atoms with E-state index in [0.717, 1.165) is 17.0 Å². The summed E-state index contributed by atoms with van der Waals surface area (Å²) in [5, 5.41) is 9.07. The van der Waals surface area contributed by atoms with Crippen LogP contribution < -0.4 is 10.5 Å².